The van der Waals surface area contributed by atoms with Crippen molar-refractivity contribution in [1.82, 2.24) is 15.0 Å². The highest BCUT2D eigenvalue weighted by atomic mass is 32.1. The second-order valence-corrected chi connectivity index (χ2v) is 5.33. The highest BCUT2D eigenvalue weighted by Gasteiger charge is 2.08. The molecule has 0 saturated carbocycles. The molecule has 3 rings (SSSR count). The molecule has 6 nitrogen and oxygen atoms in total. The smallest absolute Gasteiger partial charge is 0.314 e. The molecule has 0 saturated heterocycles. The lowest BCUT2D eigenvalue weighted by Gasteiger charge is -2.13. The summed E-state index contributed by atoms with van der Waals surface area (Å²) in [5, 5.41) is 6.22. The maximum absolute atomic E-state index is 11.3. The van der Waals surface area contributed by atoms with E-state index in [1.54, 1.807) is 29.7 Å². The van der Waals surface area contributed by atoms with Crippen LogP contribution in [0.2, 0.25) is 0 Å². The standard InChI is InChI=1S/C13H12N4O2S/c1-7(13-14-4-5-20-13)15-8-2-3-9-10(6-8)17-12(19)11(18)16-9/h2-7,15H,1H3,(H,16,18)(H,17,19). The van der Waals surface area contributed by atoms with Crippen molar-refractivity contribution < 1.29 is 0 Å². The minimum Gasteiger partial charge on any atom is -0.376 e. The Morgan fingerprint density at radius 3 is 2.65 bits per heavy atom. The van der Waals surface area contributed by atoms with E-state index in [0.717, 1.165) is 10.7 Å². The minimum atomic E-state index is -0.650. The van der Waals surface area contributed by atoms with Crippen LogP contribution in [-0.4, -0.2) is 15.0 Å². The van der Waals surface area contributed by atoms with Crippen LogP contribution < -0.4 is 16.4 Å². The Balaban J connectivity index is 1.95. The molecule has 0 amide bonds. The average molecular weight is 288 g/mol. The van der Waals surface area contributed by atoms with Crippen molar-refractivity contribution in [2.75, 3.05) is 5.32 Å². The number of H-pyrrole nitrogens is 2. The van der Waals surface area contributed by atoms with Crippen LogP contribution >= 0.6 is 11.3 Å². The molecule has 20 heavy (non-hydrogen) atoms. The van der Waals surface area contributed by atoms with E-state index < -0.39 is 11.1 Å². The summed E-state index contributed by atoms with van der Waals surface area (Å²) in [7, 11) is 0. The summed E-state index contributed by atoms with van der Waals surface area (Å²) in [4.78, 5) is 31.9. The van der Waals surface area contributed by atoms with Crippen LogP contribution in [0.25, 0.3) is 11.0 Å². The Kier molecular flexibility index (Phi) is 3.11. The van der Waals surface area contributed by atoms with Crippen molar-refractivity contribution >= 4 is 28.1 Å². The lowest BCUT2D eigenvalue weighted by molar-refractivity contribution is 0.870. The largest absolute Gasteiger partial charge is 0.376 e. The molecule has 2 heterocycles. The molecule has 2 aromatic heterocycles. The monoisotopic (exact) mass is 288 g/mol. The number of benzene rings is 1. The Morgan fingerprint density at radius 2 is 1.95 bits per heavy atom. The zero-order valence-corrected chi connectivity index (χ0v) is 11.5. The van der Waals surface area contributed by atoms with E-state index >= 15 is 0 Å². The number of nitrogens with one attached hydrogen (secondary N) is 3. The fourth-order valence-corrected chi connectivity index (χ4v) is 2.61. The van der Waals surface area contributed by atoms with E-state index in [0.29, 0.717) is 11.0 Å². The van der Waals surface area contributed by atoms with Gasteiger partial charge in [0.25, 0.3) is 0 Å². The molecular formula is C13H12N4O2S. The van der Waals surface area contributed by atoms with Gasteiger partial charge in [0, 0.05) is 17.3 Å². The van der Waals surface area contributed by atoms with Gasteiger partial charge in [0.1, 0.15) is 5.01 Å². The van der Waals surface area contributed by atoms with Crippen LogP contribution in [0.1, 0.15) is 18.0 Å². The zero-order chi connectivity index (χ0) is 14.1. The molecule has 0 aliphatic heterocycles. The minimum absolute atomic E-state index is 0.0712. The summed E-state index contributed by atoms with van der Waals surface area (Å²) in [5.74, 6) is 0. The average Bonchev–Trinajstić information content (AvgIpc) is 2.94. The summed E-state index contributed by atoms with van der Waals surface area (Å²) in [6.45, 7) is 2.01. The van der Waals surface area contributed by atoms with E-state index in [4.69, 9.17) is 0 Å². The molecule has 0 bridgehead atoms. The Morgan fingerprint density at radius 1 is 1.20 bits per heavy atom. The lowest BCUT2D eigenvalue weighted by atomic mass is 10.2. The first-order valence-corrected chi connectivity index (χ1v) is 6.94. The fourth-order valence-electron chi connectivity index (χ4n) is 1.96. The molecule has 1 unspecified atom stereocenters. The van der Waals surface area contributed by atoms with Gasteiger partial charge in [-0.1, -0.05) is 0 Å². The number of nitrogens with zero attached hydrogens (tertiary/aromatic N) is 1. The van der Waals surface area contributed by atoms with E-state index in [1.807, 2.05) is 18.4 Å². The number of hydrogen-bond donors (Lipinski definition) is 3. The van der Waals surface area contributed by atoms with Crippen LogP contribution in [0.3, 0.4) is 0 Å². The van der Waals surface area contributed by atoms with Gasteiger partial charge in [0.05, 0.1) is 17.1 Å². The molecule has 0 radical (unpaired) electrons. The van der Waals surface area contributed by atoms with Crippen molar-refractivity contribution in [3.05, 3.63) is 55.5 Å². The third-order valence-corrected chi connectivity index (χ3v) is 3.89. The molecule has 0 spiro atoms. The van der Waals surface area contributed by atoms with Crippen LogP contribution in [0, 0.1) is 0 Å². The molecule has 3 N–H and O–H groups in total. The number of rotatable bonds is 3. The highest BCUT2D eigenvalue weighted by Crippen LogP contribution is 2.22. The lowest BCUT2D eigenvalue weighted by Crippen LogP contribution is -2.28. The summed E-state index contributed by atoms with van der Waals surface area (Å²) >= 11 is 1.58. The zero-order valence-electron chi connectivity index (χ0n) is 10.6. The molecule has 0 fully saturated rings. The normalized spacial score (nSPS) is 12.4. The number of hydrogen-bond acceptors (Lipinski definition) is 5. The van der Waals surface area contributed by atoms with Gasteiger partial charge in [0.2, 0.25) is 0 Å². The van der Waals surface area contributed by atoms with Crippen LogP contribution in [0.15, 0.2) is 39.4 Å². The number of aromatic nitrogens is 3. The summed E-state index contributed by atoms with van der Waals surface area (Å²) in [6, 6.07) is 5.46. The number of fused-ring (bicyclic) bond motifs is 1. The third-order valence-electron chi connectivity index (χ3n) is 2.93. The second kappa shape index (κ2) is 4.93. The van der Waals surface area contributed by atoms with Gasteiger partial charge in [-0.2, -0.15) is 0 Å². The number of anilines is 1. The topological polar surface area (TPSA) is 90.6 Å². The summed E-state index contributed by atoms with van der Waals surface area (Å²) in [6.07, 6.45) is 1.76. The molecule has 3 aromatic rings. The first-order chi connectivity index (χ1) is 9.63. The van der Waals surface area contributed by atoms with Crippen LogP contribution in [0.5, 0.6) is 0 Å². The molecule has 102 valence electrons. The van der Waals surface area contributed by atoms with Crippen molar-refractivity contribution in [3.8, 4) is 0 Å². The van der Waals surface area contributed by atoms with Crippen molar-refractivity contribution in [2.24, 2.45) is 0 Å². The van der Waals surface area contributed by atoms with Crippen molar-refractivity contribution in [3.63, 3.8) is 0 Å². The van der Waals surface area contributed by atoms with Crippen molar-refractivity contribution in [1.29, 1.82) is 0 Å². The van der Waals surface area contributed by atoms with E-state index in [1.165, 1.54) is 0 Å². The van der Waals surface area contributed by atoms with E-state index in [-0.39, 0.29) is 6.04 Å². The quantitative estimate of drug-likeness (QED) is 0.641. The third kappa shape index (κ3) is 2.35. The fraction of sp³-hybridized carbons (Fsp3) is 0.154. The van der Waals surface area contributed by atoms with Gasteiger partial charge >= 0.3 is 11.1 Å². The molecular weight excluding hydrogens is 276 g/mol. The maximum Gasteiger partial charge on any atom is 0.314 e. The summed E-state index contributed by atoms with van der Waals surface area (Å²) in [5.41, 5.74) is 0.743. The van der Waals surface area contributed by atoms with Crippen molar-refractivity contribution in [2.45, 2.75) is 13.0 Å². The molecule has 7 heteroatoms. The predicted octanol–water partition coefficient (Wildman–Crippen LogP) is 1.85. The van der Waals surface area contributed by atoms with Gasteiger partial charge in [-0.25, -0.2) is 4.98 Å². The van der Waals surface area contributed by atoms with E-state index in [9.17, 15) is 9.59 Å². The Hall–Kier alpha value is -2.41. The Labute approximate surface area is 117 Å². The van der Waals surface area contributed by atoms with Gasteiger partial charge in [-0.15, -0.1) is 11.3 Å². The molecule has 1 aromatic carbocycles. The SMILES string of the molecule is CC(Nc1ccc2[nH]c(=O)c(=O)[nH]c2c1)c1nccs1. The Bertz CT molecular complexity index is 851. The summed E-state index contributed by atoms with van der Waals surface area (Å²) < 4.78 is 0. The first-order valence-electron chi connectivity index (χ1n) is 6.06. The second-order valence-electron chi connectivity index (χ2n) is 4.40. The predicted molar refractivity (Wildman–Crippen MR) is 79.3 cm³/mol. The number of aromatic amines is 2. The molecule has 1 atom stereocenters. The molecule has 0 aliphatic carbocycles. The van der Waals surface area contributed by atoms with Gasteiger partial charge < -0.3 is 15.3 Å². The van der Waals surface area contributed by atoms with Crippen LogP contribution in [0.4, 0.5) is 5.69 Å². The first kappa shape index (κ1) is 12.6. The number of thiazole rings is 1. The van der Waals surface area contributed by atoms with Gasteiger partial charge in [-0.3, -0.25) is 9.59 Å². The molecule has 0 aliphatic rings. The van der Waals surface area contributed by atoms with E-state index in [2.05, 4.69) is 20.3 Å². The van der Waals surface area contributed by atoms with Gasteiger partial charge in [-0.05, 0) is 25.1 Å². The maximum atomic E-state index is 11.3. The van der Waals surface area contributed by atoms with Gasteiger partial charge in [0.15, 0.2) is 0 Å². The highest BCUT2D eigenvalue weighted by molar-refractivity contribution is 7.09. The van der Waals surface area contributed by atoms with Crippen LogP contribution in [-0.2, 0) is 0 Å².